The second kappa shape index (κ2) is 8.47. The van der Waals surface area contributed by atoms with Crippen molar-refractivity contribution in [1.29, 1.82) is 0 Å². The molecule has 2 rings (SSSR count). The number of hydrogen-bond donors (Lipinski definition) is 0. The van der Waals surface area contributed by atoms with E-state index in [4.69, 9.17) is 9.47 Å². The summed E-state index contributed by atoms with van der Waals surface area (Å²) in [5.41, 5.74) is 0.820. The molecule has 0 aliphatic rings. The van der Waals surface area contributed by atoms with Gasteiger partial charge in [-0.1, -0.05) is 54.6 Å². The molecule has 4 nitrogen and oxygen atoms in total. The molecule has 0 fully saturated rings. The number of benzene rings is 2. The summed E-state index contributed by atoms with van der Waals surface area (Å²) in [6.07, 6.45) is 0.191. The molecule has 0 amide bonds. The van der Waals surface area contributed by atoms with Crippen molar-refractivity contribution in [1.82, 2.24) is 0 Å². The van der Waals surface area contributed by atoms with Crippen molar-refractivity contribution in [2.45, 2.75) is 32.6 Å². The Balaban J connectivity index is 2.66. The summed E-state index contributed by atoms with van der Waals surface area (Å²) >= 11 is 0. The van der Waals surface area contributed by atoms with Gasteiger partial charge in [-0.25, -0.2) is 0 Å². The van der Waals surface area contributed by atoms with Gasteiger partial charge in [-0.3, -0.25) is 9.59 Å². The van der Waals surface area contributed by atoms with Crippen LogP contribution in [0.3, 0.4) is 0 Å². The first-order chi connectivity index (χ1) is 12.1. The SMILES string of the molecule is CCOC(=O)C(Cc1ccccc1)(C(=O)OCC)c1ccccc1C. The van der Waals surface area contributed by atoms with Crippen LogP contribution in [-0.4, -0.2) is 25.2 Å². The Morgan fingerprint density at radius 3 is 1.88 bits per heavy atom. The van der Waals surface area contributed by atoms with E-state index >= 15 is 0 Å². The summed E-state index contributed by atoms with van der Waals surface area (Å²) in [6, 6.07) is 16.8. The third kappa shape index (κ3) is 3.90. The van der Waals surface area contributed by atoms with Crippen LogP contribution in [0.2, 0.25) is 0 Å². The Kier molecular flexibility index (Phi) is 6.34. The standard InChI is InChI=1S/C21H24O4/c1-4-24-19(22)21(20(23)25-5-2,15-17-12-7-6-8-13-17)18-14-10-9-11-16(18)3/h6-14H,4-5,15H2,1-3H3. The number of esters is 2. The average molecular weight is 340 g/mol. The first kappa shape index (κ1) is 18.7. The molecule has 0 saturated carbocycles. The normalized spacial score (nSPS) is 11.0. The van der Waals surface area contributed by atoms with Gasteiger partial charge in [0.2, 0.25) is 0 Å². The van der Waals surface area contributed by atoms with Crippen molar-refractivity contribution >= 4 is 11.9 Å². The van der Waals surface area contributed by atoms with Crippen LogP contribution in [0.15, 0.2) is 54.6 Å². The van der Waals surface area contributed by atoms with E-state index in [9.17, 15) is 9.59 Å². The van der Waals surface area contributed by atoms with Crippen LogP contribution in [0.5, 0.6) is 0 Å². The maximum atomic E-state index is 13.0. The van der Waals surface area contributed by atoms with Crippen LogP contribution in [0, 0.1) is 6.92 Å². The maximum Gasteiger partial charge on any atom is 0.328 e. The molecule has 2 aromatic carbocycles. The summed E-state index contributed by atoms with van der Waals surface area (Å²) < 4.78 is 10.6. The number of carbonyl (C=O) groups is 2. The summed E-state index contributed by atoms with van der Waals surface area (Å²) in [5, 5.41) is 0. The molecule has 4 heteroatoms. The fourth-order valence-electron chi connectivity index (χ4n) is 3.01. The van der Waals surface area contributed by atoms with Gasteiger partial charge < -0.3 is 9.47 Å². The molecule has 132 valence electrons. The van der Waals surface area contributed by atoms with Gasteiger partial charge >= 0.3 is 11.9 Å². The van der Waals surface area contributed by atoms with Crippen LogP contribution >= 0.6 is 0 Å². The van der Waals surface area contributed by atoms with Gasteiger partial charge in [-0.2, -0.15) is 0 Å². The fourth-order valence-corrected chi connectivity index (χ4v) is 3.01. The van der Waals surface area contributed by atoms with E-state index in [-0.39, 0.29) is 19.6 Å². The molecule has 0 saturated heterocycles. The Morgan fingerprint density at radius 1 is 0.840 bits per heavy atom. The summed E-state index contributed by atoms with van der Waals surface area (Å²) in [6.45, 7) is 5.73. The first-order valence-corrected chi connectivity index (χ1v) is 8.50. The molecule has 0 bridgehead atoms. The van der Waals surface area contributed by atoms with E-state index in [0.29, 0.717) is 5.56 Å². The number of ether oxygens (including phenoxy) is 2. The van der Waals surface area contributed by atoms with Crippen LogP contribution in [0.25, 0.3) is 0 Å². The number of aryl methyl sites for hydroxylation is 1. The maximum absolute atomic E-state index is 13.0. The summed E-state index contributed by atoms with van der Waals surface area (Å²) in [5.74, 6) is -1.15. The van der Waals surface area contributed by atoms with E-state index in [2.05, 4.69) is 0 Å². The fraction of sp³-hybridized carbons (Fsp3) is 0.333. The summed E-state index contributed by atoms with van der Waals surface area (Å²) in [7, 11) is 0. The second-order valence-corrected chi connectivity index (χ2v) is 5.82. The molecule has 0 aliphatic heterocycles. The zero-order chi connectivity index (χ0) is 18.3. The van der Waals surface area contributed by atoms with E-state index in [1.165, 1.54) is 0 Å². The molecule has 0 aromatic heterocycles. The van der Waals surface area contributed by atoms with Crippen molar-refractivity contribution in [2.75, 3.05) is 13.2 Å². The van der Waals surface area contributed by atoms with Gasteiger partial charge in [-0.05, 0) is 37.5 Å². The average Bonchev–Trinajstić information content (AvgIpc) is 2.61. The number of carbonyl (C=O) groups excluding carboxylic acids is 2. The predicted octanol–water partition coefficient (Wildman–Crippen LogP) is 3.60. The molecule has 0 N–H and O–H groups in total. The van der Waals surface area contributed by atoms with Gasteiger partial charge in [0.1, 0.15) is 0 Å². The lowest BCUT2D eigenvalue weighted by atomic mass is 9.73. The third-order valence-corrected chi connectivity index (χ3v) is 4.16. The lowest BCUT2D eigenvalue weighted by Crippen LogP contribution is -2.48. The predicted molar refractivity (Wildman–Crippen MR) is 96.3 cm³/mol. The van der Waals surface area contributed by atoms with Crippen molar-refractivity contribution < 1.29 is 19.1 Å². The smallest absolute Gasteiger partial charge is 0.328 e. The number of rotatable bonds is 7. The van der Waals surface area contributed by atoms with Gasteiger partial charge in [-0.15, -0.1) is 0 Å². The topological polar surface area (TPSA) is 52.6 Å². The minimum atomic E-state index is -1.52. The van der Waals surface area contributed by atoms with E-state index in [1.54, 1.807) is 19.9 Å². The Hall–Kier alpha value is -2.62. The van der Waals surface area contributed by atoms with Crippen molar-refractivity contribution in [3.8, 4) is 0 Å². The minimum Gasteiger partial charge on any atom is -0.465 e. The minimum absolute atomic E-state index is 0.191. The first-order valence-electron chi connectivity index (χ1n) is 8.50. The van der Waals surface area contributed by atoms with Gasteiger partial charge in [0.15, 0.2) is 5.41 Å². The largest absolute Gasteiger partial charge is 0.465 e. The molecule has 0 radical (unpaired) electrons. The van der Waals surface area contributed by atoms with Crippen LogP contribution in [0.4, 0.5) is 0 Å². The zero-order valence-corrected chi connectivity index (χ0v) is 15.0. The monoisotopic (exact) mass is 340 g/mol. The van der Waals surface area contributed by atoms with E-state index < -0.39 is 17.4 Å². The van der Waals surface area contributed by atoms with E-state index in [0.717, 1.165) is 11.1 Å². The van der Waals surface area contributed by atoms with Gasteiger partial charge in [0, 0.05) is 6.42 Å². The van der Waals surface area contributed by atoms with Crippen molar-refractivity contribution in [3.05, 3.63) is 71.3 Å². The number of hydrogen-bond acceptors (Lipinski definition) is 4. The van der Waals surface area contributed by atoms with Gasteiger partial charge in [0.25, 0.3) is 0 Å². The van der Waals surface area contributed by atoms with Crippen LogP contribution in [0.1, 0.15) is 30.5 Å². The summed E-state index contributed by atoms with van der Waals surface area (Å²) in [4.78, 5) is 26.0. The highest BCUT2D eigenvalue weighted by Gasteiger charge is 2.51. The highest BCUT2D eigenvalue weighted by molar-refractivity contribution is 6.07. The highest BCUT2D eigenvalue weighted by atomic mass is 16.6. The van der Waals surface area contributed by atoms with Crippen LogP contribution < -0.4 is 0 Å². The molecule has 0 unspecified atom stereocenters. The van der Waals surface area contributed by atoms with Gasteiger partial charge in [0.05, 0.1) is 13.2 Å². The van der Waals surface area contributed by atoms with E-state index in [1.807, 2.05) is 55.5 Å². The molecular formula is C21H24O4. The van der Waals surface area contributed by atoms with Crippen molar-refractivity contribution in [2.24, 2.45) is 0 Å². The second-order valence-electron chi connectivity index (χ2n) is 5.82. The third-order valence-electron chi connectivity index (χ3n) is 4.16. The Morgan fingerprint density at radius 2 is 1.36 bits per heavy atom. The van der Waals surface area contributed by atoms with Crippen LogP contribution in [-0.2, 0) is 30.9 Å². The molecule has 0 atom stereocenters. The molecule has 25 heavy (non-hydrogen) atoms. The highest BCUT2D eigenvalue weighted by Crippen LogP contribution is 2.34. The molecule has 0 aliphatic carbocycles. The lowest BCUT2D eigenvalue weighted by molar-refractivity contribution is -0.165. The zero-order valence-electron chi connectivity index (χ0n) is 15.0. The Labute approximate surface area is 148 Å². The molecule has 2 aromatic rings. The molecule has 0 heterocycles. The van der Waals surface area contributed by atoms with Crippen molar-refractivity contribution in [3.63, 3.8) is 0 Å². The Bertz CT molecular complexity index is 704. The quantitative estimate of drug-likeness (QED) is 0.571. The molecular weight excluding hydrogens is 316 g/mol. The molecule has 0 spiro atoms. The lowest BCUT2D eigenvalue weighted by Gasteiger charge is -2.31.